The predicted molar refractivity (Wildman–Crippen MR) is 112 cm³/mol. The average Bonchev–Trinajstić information content (AvgIpc) is 3.21. The second-order valence-corrected chi connectivity index (χ2v) is 8.09. The van der Waals surface area contributed by atoms with Crippen LogP contribution in [0.25, 0.3) is 0 Å². The molecule has 0 radical (unpaired) electrons. The third kappa shape index (κ3) is 5.25. The van der Waals surface area contributed by atoms with Crippen LogP contribution in [-0.4, -0.2) is 74.6 Å². The van der Waals surface area contributed by atoms with Crippen LogP contribution in [0.1, 0.15) is 10.4 Å². The quantitative estimate of drug-likeness (QED) is 0.678. The minimum atomic E-state index is 0.181. The number of carbonyl (C=O) groups excluding carboxylic acids is 1. The zero-order valence-electron chi connectivity index (χ0n) is 16.9. The Labute approximate surface area is 171 Å². The van der Waals surface area contributed by atoms with Crippen molar-refractivity contribution in [2.45, 2.75) is 13.1 Å². The zero-order valence-corrected chi connectivity index (χ0v) is 17.7. The number of hydrogen-bond acceptors (Lipinski definition) is 6. The van der Waals surface area contributed by atoms with Crippen molar-refractivity contribution in [1.29, 1.82) is 0 Å². The molecule has 1 aromatic heterocycles. The maximum atomic E-state index is 12.7. The number of carbonyl (C=O) groups is 1. The molecule has 1 amide bonds. The van der Waals surface area contributed by atoms with Crippen LogP contribution < -0.4 is 9.47 Å². The van der Waals surface area contributed by atoms with Crippen LogP contribution in [0, 0.1) is 0 Å². The van der Waals surface area contributed by atoms with Gasteiger partial charge in [-0.25, -0.2) is 0 Å². The van der Waals surface area contributed by atoms with Gasteiger partial charge in [0.25, 0.3) is 0 Å². The van der Waals surface area contributed by atoms with Crippen LogP contribution in [0.5, 0.6) is 11.5 Å². The lowest BCUT2D eigenvalue weighted by molar-refractivity contribution is -0.134. The summed E-state index contributed by atoms with van der Waals surface area (Å²) in [6, 6.07) is 10.1. The molecule has 1 saturated heterocycles. The van der Waals surface area contributed by atoms with Gasteiger partial charge in [-0.05, 0) is 24.6 Å². The molecule has 6 nitrogen and oxygen atoms in total. The number of benzene rings is 1. The van der Waals surface area contributed by atoms with Crippen molar-refractivity contribution in [1.82, 2.24) is 14.7 Å². The number of thiophene rings is 1. The molecule has 2 aromatic rings. The van der Waals surface area contributed by atoms with Crippen LogP contribution in [0.4, 0.5) is 0 Å². The highest BCUT2D eigenvalue weighted by Gasteiger charge is 2.22. The standard InChI is InChI=1S/C21H29N3O3S/c1-22(14-17-6-4-8-19(26-2)21(17)27-3)16-20(25)24-11-9-23(10-12-24)15-18-7-5-13-28-18/h4-8,13H,9-12,14-16H2,1-3H3. The Morgan fingerprint density at radius 2 is 1.89 bits per heavy atom. The van der Waals surface area contributed by atoms with Gasteiger partial charge in [0.15, 0.2) is 11.5 Å². The highest BCUT2D eigenvalue weighted by Crippen LogP contribution is 2.31. The molecule has 0 N–H and O–H groups in total. The molecule has 152 valence electrons. The molecule has 28 heavy (non-hydrogen) atoms. The number of methoxy groups -OCH3 is 2. The Morgan fingerprint density at radius 1 is 1.11 bits per heavy atom. The van der Waals surface area contributed by atoms with Crippen molar-refractivity contribution in [2.24, 2.45) is 0 Å². The Bertz CT molecular complexity index is 758. The molecule has 0 unspecified atom stereocenters. The molecule has 1 aliphatic rings. The van der Waals surface area contributed by atoms with Gasteiger partial charge in [0.2, 0.25) is 5.91 Å². The van der Waals surface area contributed by atoms with Crippen molar-refractivity contribution < 1.29 is 14.3 Å². The first-order chi connectivity index (χ1) is 13.6. The summed E-state index contributed by atoms with van der Waals surface area (Å²) in [6.45, 7) is 5.44. The molecule has 1 fully saturated rings. The van der Waals surface area contributed by atoms with E-state index in [0.29, 0.717) is 18.8 Å². The topological polar surface area (TPSA) is 45.2 Å². The maximum absolute atomic E-state index is 12.7. The fourth-order valence-electron chi connectivity index (χ4n) is 3.53. The minimum Gasteiger partial charge on any atom is -0.493 e. The molecule has 0 aliphatic carbocycles. The summed E-state index contributed by atoms with van der Waals surface area (Å²) in [6.07, 6.45) is 0. The van der Waals surface area contributed by atoms with E-state index >= 15 is 0 Å². The summed E-state index contributed by atoms with van der Waals surface area (Å²) in [5.41, 5.74) is 1.01. The Balaban J connectivity index is 1.48. The summed E-state index contributed by atoms with van der Waals surface area (Å²) in [7, 11) is 5.24. The van der Waals surface area contributed by atoms with Crippen LogP contribution in [0.2, 0.25) is 0 Å². The van der Waals surface area contributed by atoms with E-state index < -0.39 is 0 Å². The molecule has 0 spiro atoms. The van der Waals surface area contributed by atoms with Crippen molar-refractivity contribution in [2.75, 3.05) is 54.0 Å². The minimum absolute atomic E-state index is 0.181. The highest BCUT2D eigenvalue weighted by molar-refractivity contribution is 7.09. The van der Waals surface area contributed by atoms with E-state index in [-0.39, 0.29) is 5.91 Å². The van der Waals surface area contributed by atoms with E-state index in [4.69, 9.17) is 9.47 Å². The molecule has 0 saturated carbocycles. The van der Waals surface area contributed by atoms with Gasteiger partial charge in [0.1, 0.15) is 0 Å². The molecular formula is C21H29N3O3S. The van der Waals surface area contributed by atoms with E-state index in [1.165, 1.54) is 4.88 Å². The van der Waals surface area contributed by atoms with Gasteiger partial charge in [-0.3, -0.25) is 14.6 Å². The molecule has 7 heteroatoms. The molecule has 1 aliphatic heterocycles. The lowest BCUT2D eigenvalue weighted by Crippen LogP contribution is -2.50. The van der Waals surface area contributed by atoms with Crippen LogP contribution >= 0.6 is 11.3 Å². The van der Waals surface area contributed by atoms with E-state index in [2.05, 4.69) is 22.4 Å². The molecule has 0 bridgehead atoms. The number of para-hydroxylation sites is 1. The number of amides is 1. The van der Waals surface area contributed by atoms with Gasteiger partial charge in [0, 0.05) is 49.7 Å². The van der Waals surface area contributed by atoms with E-state index in [1.54, 1.807) is 25.6 Å². The smallest absolute Gasteiger partial charge is 0.236 e. The van der Waals surface area contributed by atoms with E-state index in [0.717, 1.165) is 44.0 Å². The summed E-state index contributed by atoms with van der Waals surface area (Å²) < 4.78 is 10.9. The largest absolute Gasteiger partial charge is 0.493 e. The lowest BCUT2D eigenvalue weighted by atomic mass is 10.1. The second kappa shape index (κ2) is 9.91. The first kappa shape index (κ1) is 20.6. The third-order valence-corrected chi connectivity index (χ3v) is 5.88. The second-order valence-electron chi connectivity index (χ2n) is 7.06. The van der Waals surface area contributed by atoms with Crippen LogP contribution in [-0.2, 0) is 17.9 Å². The number of ether oxygens (including phenoxy) is 2. The van der Waals surface area contributed by atoms with Gasteiger partial charge in [-0.1, -0.05) is 18.2 Å². The SMILES string of the molecule is COc1cccc(CN(C)CC(=O)N2CCN(Cc3cccs3)CC2)c1OC. The normalized spacial score (nSPS) is 15.1. The number of hydrogen-bond donors (Lipinski definition) is 0. The first-order valence-corrected chi connectivity index (χ1v) is 10.4. The van der Waals surface area contributed by atoms with Crippen LogP contribution in [0.15, 0.2) is 35.7 Å². The van der Waals surface area contributed by atoms with Gasteiger partial charge >= 0.3 is 0 Å². The Hall–Kier alpha value is -2.09. The Kier molecular flexibility index (Phi) is 7.30. The number of likely N-dealkylation sites (N-methyl/N-ethyl adjacent to an activating group) is 1. The lowest BCUT2D eigenvalue weighted by Gasteiger charge is -2.35. The van der Waals surface area contributed by atoms with Crippen molar-refractivity contribution in [3.05, 3.63) is 46.2 Å². The average molecular weight is 404 g/mol. The number of piperazine rings is 1. The number of nitrogens with zero attached hydrogens (tertiary/aromatic N) is 3. The van der Waals surface area contributed by atoms with Crippen LogP contribution in [0.3, 0.4) is 0 Å². The summed E-state index contributed by atoms with van der Waals surface area (Å²) in [5.74, 6) is 1.62. The molecular weight excluding hydrogens is 374 g/mol. The van der Waals surface area contributed by atoms with Crippen molar-refractivity contribution in [3.8, 4) is 11.5 Å². The summed E-state index contributed by atoms with van der Waals surface area (Å²) in [4.78, 5) is 20.5. The highest BCUT2D eigenvalue weighted by atomic mass is 32.1. The number of rotatable bonds is 8. The van der Waals surface area contributed by atoms with E-state index in [1.807, 2.05) is 35.0 Å². The van der Waals surface area contributed by atoms with Gasteiger partial charge < -0.3 is 14.4 Å². The molecule has 2 heterocycles. The van der Waals surface area contributed by atoms with Gasteiger partial charge in [0.05, 0.1) is 20.8 Å². The maximum Gasteiger partial charge on any atom is 0.236 e. The van der Waals surface area contributed by atoms with Crippen molar-refractivity contribution in [3.63, 3.8) is 0 Å². The van der Waals surface area contributed by atoms with Gasteiger partial charge in [-0.2, -0.15) is 0 Å². The molecule has 3 rings (SSSR count). The zero-order chi connectivity index (χ0) is 19.9. The monoisotopic (exact) mass is 403 g/mol. The molecule has 0 atom stereocenters. The first-order valence-electron chi connectivity index (χ1n) is 9.51. The Morgan fingerprint density at radius 3 is 2.54 bits per heavy atom. The summed E-state index contributed by atoms with van der Waals surface area (Å²) >= 11 is 1.79. The fourth-order valence-corrected chi connectivity index (χ4v) is 4.28. The molecule has 1 aromatic carbocycles. The van der Waals surface area contributed by atoms with Gasteiger partial charge in [-0.15, -0.1) is 11.3 Å². The fraction of sp³-hybridized carbons (Fsp3) is 0.476. The van der Waals surface area contributed by atoms with E-state index in [9.17, 15) is 4.79 Å². The summed E-state index contributed by atoms with van der Waals surface area (Å²) in [5, 5.41) is 2.11. The van der Waals surface area contributed by atoms with Crippen molar-refractivity contribution >= 4 is 17.2 Å². The predicted octanol–water partition coefficient (Wildman–Crippen LogP) is 2.54. The third-order valence-electron chi connectivity index (χ3n) is 5.01.